The summed E-state index contributed by atoms with van der Waals surface area (Å²) in [6, 6.07) is 18.2. The van der Waals surface area contributed by atoms with Gasteiger partial charge in [-0.3, -0.25) is 0 Å². The number of aryl methyl sites for hydroxylation is 1. The Morgan fingerprint density at radius 1 is 0.897 bits per heavy atom. The van der Waals surface area contributed by atoms with Crippen molar-refractivity contribution >= 4 is 28.8 Å². The minimum Gasteiger partial charge on any atom is -0.495 e. The number of hydrogen-bond donors (Lipinski definition) is 2. The maximum Gasteiger partial charge on any atom is 0.229 e. The predicted octanol–water partition coefficient (Wildman–Crippen LogP) is 5.27. The average Bonchev–Trinajstić information content (AvgIpc) is 2.75. The summed E-state index contributed by atoms with van der Waals surface area (Å²) in [5.41, 5.74) is 3.99. The van der Waals surface area contributed by atoms with Gasteiger partial charge in [-0.15, -0.1) is 0 Å². The summed E-state index contributed by atoms with van der Waals surface area (Å²) in [5, 5.41) is 6.64. The fourth-order valence-corrected chi connectivity index (χ4v) is 3.61. The highest BCUT2D eigenvalue weighted by molar-refractivity contribution is 5.66. The SMILES string of the molecule is COc1ccccc1Nc1cc(C)nc(Nc2ccc(N3CCCCC3)cc2)n1. The van der Waals surface area contributed by atoms with Crippen LogP contribution in [-0.4, -0.2) is 30.2 Å². The lowest BCUT2D eigenvalue weighted by atomic mass is 10.1. The van der Waals surface area contributed by atoms with Crippen molar-refractivity contribution in [2.24, 2.45) is 0 Å². The second-order valence-corrected chi connectivity index (χ2v) is 7.26. The molecule has 6 nitrogen and oxygen atoms in total. The molecule has 2 N–H and O–H groups in total. The van der Waals surface area contributed by atoms with Crippen molar-refractivity contribution in [2.45, 2.75) is 26.2 Å². The first-order valence-corrected chi connectivity index (χ1v) is 10.1. The lowest BCUT2D eigenvalue weighted by Gasteiger charge is -2.28. The maximum atomic E-state index is 5.41. The van der Waals surface area contributed by atoms with Gasteiger partial charge < -0.3 is 20.3 Å². The Hall–Kier alpha value is -3.28. The molecule has 1 aliphatic rings. The van der Waals surface area contributed by atoms with Crippen molar-refractivity contribution in [3.8, 4) is 5.75 Å². The van der Waals surface area contributed by atoms with Gasteiger partial charge in [-0.05, 0) is 62.6 Å². The number of anilines is 5. The number of methoxy groups -OCH3 is 1. The molecule has 4 rings (SSSR count). The summed E-state index contributed by atoms with van der Waals surface area (Å²) in [6.45, 7) is 4.25. The normalized spacial score (nSPS) is 13.8. The molecule has 0 amide bonds. The van der Waals surface area contributed by atoms with E-state index in [1.54, 1.807) is 7.11 Å². The van der Waals surface area contributed by atoms with Gasteiger partial charge in [0.15, 0.2) is 0 Å². The first kappa shape index (κ1) is 19.1. The smallest absolute Gasteiger partial charge is 0.229 e. The second-order valence-electron chi connectivity index (χ2n) is 7.26. The summed E-state index contributed by atoms with van der Waals surface area (Å²) >= 11 is 0. The number of rotatable bonds is 6. The van der Waals surface area contributed by atoms with Crippen LogP contribution in [0, 0.1) is 6.92 Å². The zero-order valence-corrected chi connectivity index (χ0v) is 17.0. The molecule has 1 aromatic heterocycles. The lowest BCUT2D eigenvalue weighted by molar-refractivity contribution is 0.417. The molecule has 0 radical (unpaired) electrons. The van der Waals surface area contributed by atoms with Crippen LogP contribution in [0.5, 0.6) is 5.75 Å². The monoisotopic (exact) mass is 389 g/mol. The Kier molecular flexibility index (Phi) is 5.79. The van der Waals surface area contributed by atoms with Gasteiger partial charge in [0.2, 0.25) is 5.95 Å². The van der Waals surface area contributed by atoms with Gasteiger partial charge >= 0.3 is 0 Å². The molecule has 0 spiro atoms. The molecule has 1 fully saturated rings. The number of para-hydroxylation sites is 2. The van der Waals surface area contributed by atoms with Gasteiger partial charge in [0, 0.05) is 36.2 Å². The molecule has 3 aromatic rings. The van der Waals surface area contributed by atoms with Gasteiger partial charge in [-0.25, -0.2) is 4.98 Å². The Morgan fingerprint density at radius 3 is 2.41 bits per heavy atom. The highest BCUT2D eigenvalue weighted by Crippen LogP contribution is 2.27. The quantitative estimate of drug-likeness (QED) is 0.599. The molecule has 0 bridgehead atoms. The Bertz CT molecular complexity index is 952. The number of nitrogens with zero attached hydrogens (tertiary/aromatic N) is 3. The molecule has 0 atom stereocenters. The van der Waals surface area contributed by atoms with E-state index < -0.39 is 0 Å². The average molecular weight is 390 g/mol. The molecule has 29 heavy (non-hydrogen) atoms. The van der Waals surface area contributed by atoms with E-state index in [1.807, 2.05) is 37.3 Å². The van der Waals surface area contributed by atoms with Crippen LogP contribution in [0.3, 0.4) is 0 Å². The van der Waals surface area contributed by atoms with Gasteiger partial charge in [-0.1, -0.05) is 12.1 Å². The van der Waals surface area contributed by atoms with Crippen molar-refractivity contribution in [3.63, 3.8) is 0 Å². The third kappa shape index (κ3) is 4.77. The lowest BCUT2D eigenvalue weighted by Crippen LogP contribution is -2.29. The van der Waals surface area contributed by atoms with E-state index in [-0.39, 0.29) is 0 Å². The predicted molar refractivity (Wildman–Crippen MR) is 119 cm³/mol. The number of ether oxygens (including phenoxy) is 1. The molecular formula is C23H27N5O. The molecule has 6 heteroatoms. The molecule has 0 unspecified atom stereocenters. The van der Waals surface area contributed by atoms with Crippen LogP contribution in [0.2, 0.25) is 0 Å². The summed E-state index contributed by atoms with van der Waals surface area (Å²) in [6.07, 6.45) is 3.89. The Labute approximate surface area is 172 Å². The first-order chi connectivity index (χ1) is 14.2. The van der Waals surface area contributed by atoms with Crippen LogP contribution in [-0.2, 0) is 0 Å². The Balaban J connectivity index is 1.49. The van der Waals surface area contributed by atoms with Crippen molar-refractivity contribution in [1.29, 1.82) is 0 Å². The topological polar surface area (TPSA) is 62.3 Å². The molecule has 1 saturated heterocycles. The zero-order chi connectivity index (χ0) is 20.1. The molecule has 1 aliphatic heterocycles. The number of aromatic nitrogens is 2. The largest absolute Gasteiger partial charge is 0.495 e. The van der Waals surface area contributed by atoms with Crippen LogP contribution in [0.1, 0.15) is 25.0 Å². The standard InChI is InChI=1S/C23H27N5O/c1-17-16-22(26-20-8-4-5-9-21(20)29-2)27-23(24-17)25-18-10-12-19(13-11-18)28-14-6-3-7-15-28/h4-5,8-13,16H,3,6-7,14-15H2,1-2H3,(H2,24,25,26,27). The number of benzene rings is 2. The Morgan fingerprint density at radius 2 is 1.66 bits per heavy atom. The zero-order valence-electron chi connectivity index (χ0n) is 17.0. The maximum absolute atomic E-state index is 5.41. The van der Waals surface area contributed by atoms with Crippen molar-refractivity contribution < 1.29 is 4.74 Å². The molecule has 0 aliphatic carbocycles. The number of hydrogen-bond acceptors (Lipinski definition) is 6. The van der Waals surface area contributed by atoms with Gasteiger partial charge in [0.1, 0.15) is 11.6 Å². The summed E-state index contributed by atoms with van der Waals surface area (Å²) < 4.78 is 5.41. The summed E-state index contributed by atoms with van der Waals surface area (Å²) in [5.74, 6) is 2.05. The van der Waals surface area contributed by atoms with Crippen LogP contribution < -0.4 is 20.3 Å². The fourth-order valence-electron chi connectivity index (χ4n) is 3.61. The van der Waals surface area contributed by atoms with E-state index in [9.17, 15) is 0 Å². The van der Waals surface area contributed by atoms with E-state index >= 15 is 0 Å². The van der Waals surface area contributed by atoms with Crippen molar-refractivity contribution in [3.05, 3.63) is 60.3 Å². The van der Waals surface area contributed by atoms with Crippen molar-refractivity contribution in [2.75, 3.05) is 35.7 Å². The minimum atomic E-state index is 0.563. The van der Waals surface area contributed by atoms with E-state index in [4.69, 9.17) is 4.74 Å². The van der Waals surface area contributed by atoms with E-state index in [0.29, 0.717) is 5.95 Å². The molecule has 150 valence electrons. The summed E-state index contributed by atoms with van der Waals surface area (Å²) in [4.78, 5) is 11.6. The number of nitrogens with one attached hydrogen (secondary N) is 2. The van der Waals surface area contributed by atoms with E-state index in [0.717, 1.165) is 41.7 Å². The minimum absolute atomic E-state index is 0.563. The van der Waals surface area contributed by atoms with Gasteiger partial charge in [-0.2, -0.15) is 4.98 Å². The van der Waals surface area contributed by atoms with E-state index in [1.165, 1.54) is 24.9 Å². The fraction of sp³-hybridized carbons (Fsp3) is 0.304. The third-order valence-corrected chi connectivity index (χ3v) is 5.07. The van der Waals surface area contributed by atoms with Crippen molar-refractivity contribution in [1.82, 2.24) is 9.97 Å². The molecule has 2 heterocycles. The summed E-state index contributed by atoms with van der Waals surface area (Å²) in [7, 11) is 1.66. The van der Waals surface area contributed by atoms with Crippen LogP contribution in [0.4, 0.5) is 28.8 Å². The van der Waals surface area contributed by atoms with Crippen LogP contribution >= 0.6 is 0 Å². The van der Waals surface area contributed by atoms with Crippen LogP contribution in [0.25, 0.3) is 0 Å². The number of piperidine rings is 1. The highest BCUT2D eigenvalue weighted by atomic mass is 16.5. The molecule has 2 aromatic carbocycles. The highest BCUT2D eigenvalue weighted by Gasteiger charge is 2.11. The third-order valence-electron chi connectivity index (χ3n) is 5.07. The molecular weight excluding hydrogens is 362 g/mol. The van der Waals surface area contributed by atoms with Gasteiger partial charge in [0.05, 0.1) is 12.8 Å². The van der Waals surface area contributed by atoms with E-state index in [2.05, 4.69) is 49.8 Å². The molecule has 0 saturated carbocycles. The van der Waals surface area contributed by atoms with Crippen LogP contribution in [0.15, 0.2) is 54.6 Å². The second kappa shape index (κ2) is 8.82. The first-order valence-electron chi connectivity index (χ1n) is 10.1. The van der Waals surface area contributed by atoms with Gasteiger partial charge in [0.25, 0.3) is 0 Å².